The van der Waals surface area contributed by atoms with E-state index in [4.69, 9.17) is 47.4 Å². The molecule has 68 heavy (non-hydrogen) atoms. The molecule has 3 heterocycles. The molecule has 358 valence electrons. The Kier molecular flexibility index (Phi) is 17.3. The fourth-order valence-corrected chi connectivity index (χ4v) is 8.03. The Bertz CT molecular complexity index is 2430. The number of aromatic nitrogens is 1. The lowest BCUT2D eigenvalue weighted by atomic mass is 9.97. The summed E-state index contributed by atoms with van der Waals surface area (Å²) in [5, 5.41) is 11.6. The lowest BCUT2D eigenvalue weighted by molar-refractivity contribution is -0.385. The molecule has 2 aliphatic heterocycles. The van der Waals surface area contributed by atoms with Gasteiger partial charge in [0, 0.05) is 33.8 Å². The molecule has 2 saturated heterocycles. The highest BCUT2D eigenvalue weighted by molar-refractivity contribution is 7.99. The quantitative estimate of drug-likeness (QED) is 0.0606. The van der Waals surface area contributed by atoms with Gasteiger partial charge in [0.25, 0.3) is 5.69 Å². The van der Waals surface area contributed by atoms with Crippen LogP contribution in [0.1, 0.15) is 58.8 Å². The summed E-state index contributed by atoms with van der Waals surface area (Å²) in [5.41, 5.74) is -1.62. The number of carbonyl (C=O) groups excluding carboxylic acids is 7. The molecule has 0 amide bonds. The number of esters is 7. The Morgan fingerprint density at radius 1 is 0.544 bits per heavy atom. The lowest BCUT2D eigenvalue weighted by Crippen LogP contribution is -2.64. The van der Waals surface area contributed by atoms with Crippen LogP contribution in [-0.4, -0.2) is 125 Å². The summed E-state index contributed by atoms with van der Waals surface area (Å²) >= 11 is 0.796. The molecule has 0 radical (unpaired) electrons. The molecule has 21 nitrogen and oxygen atoms in total. The second-order valence-electron chi connectivity index (χ2n) is 14.9. The number of rotatable bonds is 17. The van der Waals surface area contributed by atoms with E-state index in [-0.39, 0.29) is 27.4 Å². The van der Waals surface area contributed by atoms with Crippen molar-refractivity contribution in [2.24, 2.45) is 0 Å². The van der Waals surface area contributed by atoms with Gasteiger partial charge in [-0.1, -0.05) is 66.4 Å². The van der Waals surface area contributed by atoms with E-state index in [0.717, 1.165) is 45.7 Å². The Balaban J connectivity index is 1.46. The van der Waals surface area contributed by atoms with Crippen LogP contribution < -0.4 is 0 Å². The van der Waals surface area contributed by atoms with Crippen molar-refractivity contribution < 1.29 is 85.9 Å². The highest BCUT2D eigenvalue weighted by Crippen LogP contribution is 2.39. The first-order chi connectivity index (χ1) is 32.6. The van der Waals surface area contributed by atoms with E-state index in [9.17, 15) is 43.7 Å². The number of hydrogen-bond acceptors (Lipinski definition) is 21. The second kappa shape index (κ2) is 23.5. The molecule has 4 aromatic rings. The molecule has 0 bridgehead atoms. The predicted molar refractivity (Wildman–Crippen MR) is 230 cm³/mol. The first-order valence-corrected chi connectivity index (χ1v) is 21.6. The van der Waals surface area contributed by atoms with E-state index in [1.54, 1.807) is 54.6 Å². The maximum absolute atomic E-state index is 14.1. The van der Waals surface area contributed by atoms with Crippen molar-refractivity contribution in [3.8, 4) is 0 Å². The molecule has 6 rings (SSSR count). The van der Waals surface area contributed by atoms with Gasteiger partial charge >= 0.3 is 41.8 Å². The van der Waals surface area contributed by atoms with E-state index >= 15 is 0 Å². The molecule has 0 saturated carbocycles. The Morgan fingerprint density at radius 2 is 0.985 bits per heavy atom. The average Bonchev–Trinajstić information content (AvgIpc) is 3.31. The largest absolute Gasteiger partial charge is 0.463 e. The number of nitro groups is 1. The average molecular weight is 961 g/mol. The van der Waals surface area contributed by atoms with E-state index in [0.29, 0.717) is 0 Å². The molecule has 0 aliphatic carbocycles. The fraction of sp³-hybridized carbons (Fsp3) is 0.348. The van der Waals surface area contributed by atoms with Crippen LogP contribution in [0.15, 0.2) is 114 Å². The topological polar surface area (TPSA) is 268 Å². The summed E-state index contributed by atoms with van der Waals surface area (Å²) in [6.07, 6.45) is -13.7. The summed E-state index contributed by atoms with van der Waals surface area (Å²) in [6, 6.07) is 25.6. The summed E-state index contributed by atoms with van der Waals surface area (Å²) in [7, 11) is 0. The minimum Gasteiger partial charge on any atom is -0.463 e. The van der Waals surface area contributed by atoms with Crippen molar-refractivity contribution in [2.75, 3.05) is 13.2 Å². The van der Waals surface area contributed by atoms with Gasteiger partial charge in [0.1, 0.15) is 25.0 Å². The third-order valence-electron chi connectivity index (χ3n) is 9.89. The number of thioether (sulfide) groups is 1. The highest BCUT2D eigenvalue weighted by atomic mass is 32.2. The van der Waals surface area contributed by atoms with Gasteiger partial charge in [-0.15, -0.1) is 0 Å². The van der Waals surface area contributed by atoms with Crippen molar-refractivity contribution in [1.82, 2.24) is 4.98 Å². The normalized spacial score (nSPS) is 24.2. The number of nitrogens with zero attached hydrogens (tertiary/aromatic N) is 2. The molecule has 2 aliphatic rings. The van der Waals surface area contributed by atoms with E-state index in [2.05, 4.69) is 4.98 Å². The highest BCUT2D eigenvalue weighted by Gasteiger charge is 2.56. The van der Waals surface area contributed by atoms with Crippen LogP contribution in [0.3, 0.4) is 0 Å². The standard InChI is InChI=1S/C46H44N2O19S/c1-25(49)58-23-33-36(60-26(2)50)38(61-27(3)51)40(62-28(4)52)45(63-33)59-24-34-37(65-42(53)29-14-8-5-9-15-29)39(66-43(54)30-16-10-6-11-17-30)41(67-44(55)31-18-12-7-13-19-31)46(64-34)68-35-21-20-32(22-47-35)48(56)57/h5-22,33-34,36-41,45-46H,23-24H2,1-4H3/t33-,34-,36-,37-,38+,39+,40-,41-,45-,46+/m1/s1. The zero-order valence-electron chi connectivity index (χ0n) is 36.6. The van der Waals surface area contributed by atoms with E-state index < -0.39 is 120 Å². The summed E-state index contributed by atoms with van der Waals surface area (Å²) < 4.78 is 59.2. The predicted octanol–water partition coefficient (Wildman–Crippen LogP) is 4.58. The number of carbonyl (C=O) groups is 7. The summed E-state index contributed by atoms with van der Waals surface area (Å²) in [6.45, 7) is 2.94. The number of benzene rings is 3. The Hall–Kier alpha value is -7.27. The van der Waals surface area contributed by atoms with Gasteiger partial charge in [0.05, 0.1) is 33.2 Å². The minimum absolute atomic E-state index is 0.0456. The Labute approximate surface area is 391 Å². The van der Waals surface area contributed by atoms with Gasteiger partial charge < -0.3 is 47.4 Å². The fourth-order valence-electron chi connectivity index (χ4n) is 6.99. The van der Waals surface area contributed by atoms with Crippen molar-refractivity contribution in [2.45, 2.75) is 93.3 Å². The van der Waals surface area contributed by atoms with Crippen LogP contribution in [0.25, 0.3) is 0 Å². The molecular formula is C46H44N2O19S. The second-order valence-corrected chi connectivity index (χ2v) is 16.0. The molecule has 10 atom stereocenters. The molecule has 3 aromatic carbocycles. The maximum atomic E-state index is 14.1. The van der Waals surface area contributed by atoms with Gasteiger partial charge in [-0.3, -0.25) is 29.3 Å². The zero-order valence-corrected chi connectivity index (χ0v) is 37.5. The van der Waals surface area contributed by atoms with Crippen LogP contribution in [0, 0.1) is 10.1 Å². The molecule has 1 aromatic heterocycles. The van der Waals surface area contributed by atoms with Gasteiger partial charge in [-0.05, 0) is 42.5 Å². The van der Waals surface area contributed by atoms with Crippen LogP contribution >= 0.6 is 11.8 Å². The third kappa shape index (κ3) is 13.4. The molecular weight excluding hydrogens is 917 g/mol. The lowest BCUT2D eigenvalue weighted by Gasteiger charge is -2.46. The van der Waals surface area contributed by atoms with Gasteiger partial charge in [0.15, 0.2) is 48.3 Å². The van der Waals surface area contributed by atoms with E-state index in [1.807, 2.05) is 0 Å². The Morgan fingerprint density at radius 3 is 1.46 bits per heavy atom. The van der Waals surface area contributed by atoms with Crippen molar-refractivity contribution in [3.63, 3.8) is 0 Å². The van der Waals surface area contributed by atoms with Gasteiger partial charge in [0.2, 0.25) is 0 Å². The third-order valence-corrected chi connectivity index (χ3v) is 11.0. The number of ether oxygens (including phenoxy) is 10. The van der Waals surface area contributed by atoms with E-state index in [1.165, 1.54) is 48.5 Å². The molecule has 2 fully saturated rings. The summed E-state index contributed by atoms with van der Waals surface area (Å²) in [4.78, 5) is 107. The minimum atomic E-state index is -1.76. The SMILES string of the molecule is CC(=O)OC[C@H]1O[C@@H](OC[C@H]2O[C@@H](Sc3ccc([N+](=O)[O-])cn3)[C@H](OC(=O)c3ccccc3)[C@@H](OC(=O)c3ccccc3)[C@@H]2OC(=O)c2ccccc2)[C@H](OC(C)=O)[C@@H](OC(C)=O)[C@@H]1OC(C)=O. The molecule has 0 spiro atoms. The molecule has 0 unspecified atom stereocenters. The van der Waals surface area contributed by atoms with Crippen molar-refractivity contribution in [3.05, 3.63) is 136 Å². The maximum Gasteiger partial charge on any atom is 0.338 e. The first-order valence-electron chi connectivity index (χ1n) is 20.7. The molecule has 22 heteroatoms. The zero-order chi connectivity index (χ0) is 48.9. The van der Waals surface area contributed by atoms with Crippen LogP contribution in [0.5, 0.6) is 0 Å². The monoisotopic (exact) mass is 960 g/mol. The van der Waals surface area contributed by atoms with Gasteiger partial charge in [-0.2, -0.15) is 0 Å². The van der Waals surface area contributed by atoms with Crippen molar-refractivity contribution in [1.29, 1.82) is 0 Å². The number of pyridine rings is 1. The van der Waals surface area contributed by atoms with Gasteiger partial charge in [-0.25, -0.2) is 19.4 Å². The van der Waals surface area contributed by atoms with Crippen LogP contribution in [0.4, 0.5) is 5.69 Å². The van der Waals surface area contributed by atoms with Crippen LogP contribution in [-0.2, 0) is 66.5 Å². The first kappa shape index (κ1) is 50.1. The number of hydrogen-bond donors (Lipinski definition) is 0. The molecule has 0 N–H and O–H groups in total. The van der Waals surface area contributed by atoms with Crippen LogP contribution in [0.2, 0.25) is 0 Å². The smallest absolute Gasteiger partial charge is 0.338 e. The van der Waals surface area contributed by atoms with Crippen molar-refractivity contribution >= 4 is 59.2 Å². The summed E-state index contributed by atoms with van der Waals surface area (Å²) in [5.74, 6) is -6.27.